The number of rotatable bonds is 7. The van der Waals surface area contributed by atoms with Crippen molar-refractivity contribution < 1.29 is 14.3 Å². The Morgan fingerprint density at radius 1 is 1.21 bits per heavy atom. The zero-order valence-electron chi connectivity index (χ0n) is 13.5. The van der Waals surface area contributed by atoms with Crippen molar-refractivity contribution in [3.63, 3.8) is 0 Å². The average Bonchev–Trinajstić information content (AvgIpc) is 2.61. The third kappa shape index (κ3) is 7.09. The highest BCUT2D eigenvalue weighted by Gasteiger charge is 2.17. The topological polar surface area (TPSA) is 84.7 Å². The molecule has 134 valence electrons. The van der Waals surface area contributed by atoms with Gasteiger partial charge in [0.2, 0.25) is 11.8 Å². The summed E-state index contributed by atoms with van der Waals surface area (Å²) in [4.78, 5) is 25.5. The van der Waals surface area contributed by atoms with Gasteiger partial charge in [-0.25, -0.2) is 0 Å². The Hall–Kier alpha value is -1.28. The third-order valence-corrected chi connectivity index (χ3v) is 4.49. The fraction of sp³-hybridized carbons (Fsp3) is 0.500. The molecule has 2 amide bonds. The van der Waals surface area contributed by atoms with Crippen molar-refractivity contribution in [3.8, 4) is 0 Å². The van der Waals surface area contributed by atoms with Crippen LogP contribution in [-0.2, 0) is 14.3 Å². The third-order valence-electron chi connectivity index (χ3n) is 3.57. The van der Waals surface area contributed by atoms with Crippen LogP contribution in [0.5, 0.6) is 0 Å². The highest BCUT2D eigenvalue weighted by atomic mass is 35.5. The van der Waals surface area contributed by atoms with Crippen molar-refractivity contribution in [2.75, 3.05) is 44.4 Å². The Labute approximate surface area is 152 Å². The lowest BCUT2D eigenvalue weighted by atomic mass is 10.1. The van der Waals surface area contributed by atoms with Crippen LogP contribution in [0.2, 0.25) is 0 Å². The summed E-state index contributed by atoms with van der Waals surface area (Å²) in [5.41, 5.74) is 7.01. The van der Waals surface area contributed by atoms with Crippen LogP contribution >= 0.6 is 24.2 Å². The largest absolute Gasteiger partial charge is 0.378 e. The minimum absolute atomic E-state index is 0. The summed E-state index contributed by atoms with van der Waals surface area (Å²) >= 11 is 1.33. The number of thioether (sulfide) groups is 1. The van der Waals surface area contributed by atoms with E-state index in [1.165, 1.54) is 11.8 Å². The second kappa shape index (κ2) is 11.3. The molecule has 8 heteroatoms. The number of amides is 2. The van der Waals surface area contributed by atoms with Crippen molar-refractivity contribution in [3.05, 3.63) is 35.9 Å². The number of carbonyl (C=O) groups excluding carboxylic acids is 2. The molecule has 1 aromatic carbocycles. The molecule has 6 nitrogen and oxygen atoms in total. The highest BCUT2D eigenvalue weighted by molar-refractivity contribution is 8.00. The summed E-state index contributed by atoms with van der Waals surface area (Å²) in [6.07, 6.45) is 0. The first-order valence-electron chi connectivity index (χ1n) is 7.67. The number of hydrogen-bond acceptors (Lipinski definition) is 5. The molecule has 1 unspecified atom stereocenters. The molecule has 0 saturated carbocycles. The van der Waals surface area contributed by atoms with Crippen molar-refractivity contribution in [1.82, 2.24) is 10.2 Å². The number of ether oxygens (including phenoxy) is 1. The number of hydrogen-bond donors (Lipinski definition) is 2. The molecule has 0 radical (unpaired) electrons. The second-order valence-electron chi connectivity index (χ2n) is 5.31. The zero-order valence-corrected chi connectivity index (χ0v) is 15.1. The average molecular weight is 374 g/mol. The highest BCUT2D eigenvalue weighted by Crippen LogP contribution is 2.08. The monoisotopic (exact) mass is 373 g/mol. The van der Waals surface area contributed by atoms with Crippen LogP contribution in [0.1, 0.15) is 11.6 Å². The maximum Gasteiger partial charge on any atom is 0.232 e. The first kappa shape index (κ1) is 20.8. The first-order valence-corrected chi connectivity index (χ1v) is 8.83. The van der Waals surface area contributed by atoms with Crippen LogP contribution in [0, 0.1) is 0 Å². The molecule has 0 aliphatic carbocycles. The van der Waals surface area contributed by atoms with Gasteiger partial charge in [-0.05, 0) is 5.56 Å². The van der Waals surface area contributed by atoms with E-state index >= 15 is 0 Å². The Bertz CT molecular complexity index is 513. The number of benzene rings is 1. The summed E-state index contributed by atoms with van der Waals surface area (Å²) in [7, 11) is 0. The zero-order chi connectivity index (χ0) is 16.5. The number of nitrogens with two attached hydrogens (primary N) is 1. The molecule has 1 aliphatic heterocycles. The Morgan fingerprint density at radius 2 is 1.88 bits per heavy atom. The lowest BCUT2D eigenvalue weighted by Crippen LogP contribution is -2.41. The molecule has 1 aliphatic rings. The van der Waals surface area contributed by atoms with Gasteiger partial charge >= 0.3 is 0 Å². The summed E-state index contributed by atoms with van der Waals surface area (Å²) in [5, 5.41) is 2.80. The Morgan fingerprint density at radius 3 is 2.54 bits per heavy atom. The molecule has 3 N–H and O–H groups in total. The number of halogens is 1. The molecule has 0 spiro atoms. The number of carbonyl (C=O) groups is 2. The van der Waals surface area contributed by atoms with Crippen LogP contribution in [0.15, 0.2) is 30.3 Å². The smallest absolute Gasteiger partial charge is 0.232 e. The lowest BCUT2D eigenvalue weighted by Gasteiger charge is -2.26. The lowest BCUT2D eigenvalue weighted by molar-refractivity contribution is -0.132. The van der Waals surface area contributed by atoms with E-state index in [1.54, 1.807) is 4.90 Å². The molecular weight excluding hydrogens is 350 g/mol. The van der Waals surface area contributed by atoms with E-state index in [4.69, 9.17) is 10.5 Å². The Kier molecular flexibility index (Phi) is 9.78. The van der Waals surface area contributed by atoms with Crippen LogP contribution < -0.4 is 11.1 Å². The maximum atomic E-state index is 11.9. The van der Waals surface area contributed by atoms with Gasteiger partial charge in [0.05, 0.1) is 24.7 Å². The fourth-order valence-corrected chi connectivity index (χ4v) is 2.97. The van der Waals surface area contributed by atoms with Gasteiger partial charge in [-0.1, -0.05) is 30.3 Å². The van der Waals surface area contributed by atoms with Gasteiger partial charge in [-0.2, -0.15) is 0 Å². The molecule has 0 aromatic heterocycles. The number of morpholine rings is 1. The van der Waals surface area contributed by atoms with E-state index in [0.717, 1.165) is 5.56 Å². The normalized spacial score (nSPS) is 15.3. The first-order chi connectivity index (χ1) is 11.2. The second-order valence-corrected chi connectivity index (χ2v) is 6.29. The summed E-state index contributed by atoms with van der Waals surface area (Å²) in [6.45, 7) is 2.85. The number of nitrogens with zero attached hydrogens (tertiary/aromatic N) is 1. The van der Waals surface area contributed by atoms with Crippen molar-refractivity contribution >= 4 is 36.0 Å². The summed E-state index contributed by atoms with van der Waals surface area (Å²) in [5.74, 6) is 0.540. The maximum absolute atomic E-state index is 11.9. The molecule has 1 fully saturated rings. The number of nitrogens with one attached hydrogen (secondary N) is 1. The van der Waals surface area contributed by atoms with Gasteiger partial charge in [-0.3, -0.25) is 9.59 Å². The van der Waals surface area contributed by atoms with Gasteiger partial charge in [-0.15, -0.1) is 24.2 Å². The van der Waals surface area contributed by atoms with Crippen LogP contribution in [0.3, 0.4) is 0 Å². The minimum Gasteiger partial charge on any atom is -0.378 e. The van der Waals surface area contributed by atoms with E-state index < -0.39 is 0 Å². The van der Waals surface area contributed by atoms with Crippen LogP contribution in [0.25, 0.3) is 0 Å². The fourth-order valence-electron chi connectivity index (χ4n) is 2.23. The van der Waals surface area contributed by atoms with Gasteiger partial charge in [0, 0.05) is 25.7 Å². The molecule has 24 heavy (non-hydrogen) atoms. The molecule has 0 bridgehead atoms. The molecule has 1 saturated heterocycles. The van der Waals surface area contributed by atoms with Gasteiger partial charge in [0.15, 0.2) is 0 Å². The van der Waals surface area contributed by atoms with E-state index in [2.05, 4.69) is 5.32 Å². The van der Waals surface area contributed by atoms with Crippen LogP contribution in [-0.4, -0.2) is 61.1 Å². The molecule has 2 rings (SSSR count). The summed E-state index contributed by atoms with van der Waals surface area (Å²) in [6, 6.07) is 9.42. The van der Waals surface area contributed by atoms with Crippen molar-refractivity contribution in [2.24, 2.45) is 5.73 Å². The van der Waals surface area contributed by atoms with E-state index in [9.17, 15) is 9.59 Å². The quantitative estimate of drug-likeness (QED) is 0.739. The van der Waals surface area contributed by atoms with E-state index in [0.29, 0.717) is 38.6 Å². The SMILES string of the molecule is Cl.NC(CNC(=O)CSCC(=O)N1CCOCC1)c1ccccc1. The molecule has 1 heterocycles. The van der Waals surface area contributed by atoms with Gasteiger partial charge in [0.1, 0.15) is 0 Å². The van der Waals surface area contributed by atoms with Gasteiger partial charge < -0.3 is 20.7 Å². The minimum atomic E-state index is -0.222. The predicted octanol–water partition coefficient (Wildman–Crippen LogP) is 0.816. The molecule has 1 aromatic rings. The van der Waals surface area contributed by atoms with Crippen molar-refractivity contribution in [1.29, 1.82) is 0 Å². The van der Waals surface area contributed by atoms with E-state index in [1.807, 2.05) is 30.3 Å². The van der Waals surface area contributed by atoms with E-state index in [-0.39, 0.29) is 36.0 Å². The standard InChI is InChI=1S/C16H23N3O3S.ClH/c17-14(13-4-2-1-3-5-13)10-18-15(20)11-23-12-16(21)19-6-8-22-9-7-19;/h1-5,14H,6-12,17H2,(H,18,20);1H. The molecule has 1 atom stereocenters. The van der Waals surface area contributed by atoms with Crippen molar-refractivity contribution in [2.45, 2.75) is 6.04 Å². The van der Waals surface area contributed by atoms with Gasteiger partial charge in [0.25, 0.3) is 0 Å². The Balaban J connectivity index is 0.00000288. The summed E-state index contributed by atoms with van der Waals surface area (Å²) < 4.78 is 5.21. The predicted molar refractivity (Wildman–Crippen MR) is 98.4 cm³/mol. The molecular formula is C16H24ClN3O3S. The van der Waals surface area contributed by atoms with Crippen LogP contribution in [0.4, 0.5) is 0 Å².